The molecule has 0 fully saturated rings. The van der Waals surface area contributed by atoms with Gasteiger partial charge in [0.05, 0.1) is 13.4 Å². The largest absolute Gasteiger partial charge is 0.504 e. The molecule has 2 aromatic rings. The van der Waals surface area contributed by atoms with Gasteiger partial charge in [-0.1, -0.05) is 51.1 Å². The van der Waals surface area contributed by atoms with Crippen LogP contribution in [0.1, 0.15) is 31.9 Å². The molecule has 0 bridgehead atoms. The minimum absolute atomic E-state index is 0.136. The van der Waals surface area contributed by atoms with Crippen LogP contribution in [0.4, 0.5) is 0 Å². The molecule has 2 aromatic carbocycles. The number of nitrogens with two attached hydrogens (primary N) is 1. The molecule has 0 saturated carbocycles. The molecule has 0 amide bonds. The number of alkyl halides is 1. The lowest BCUT2D eigenvalue weighted by Gasteiger charge is -2.19. The van der Waals surface area contributed by atoms with E-state index in [2.05, 4.69) is 57.2 Å². The molecule has 0 aliphatic rings. The third-order valence-electron chi connectivity index (χ3n) is 4.18. The van der Waals surface area contributed by atoms with Gasteiger partial charge in [0.1, 0.15) is 0 Å². The van der Waals surface area contributed by atoms with E-state index in [4.69, 9.17) is 22.1 Å². The molecule has 0 aliphatic carbocycles. The first kappa shape index (κ1) is 19.1. The number of hydrogen-bond donors (Lipinski definition) is 1. The van der Waals surface area contributed by atoms with E-state index < -0.39 is 0 Å². The molecule has 0 radical (unpaired) electrons. The van der Waals surface area contributed by atoms with Crippen molar-refractivity contribution in [2.75, 3.05) is 13.0 Å². The summed E-state index contributed by atoms with van der Waals surface area (Å²) in [5.74, 6) is 0.376. The Labute approximate surface area is 155 Å². The van der Waals surface area contributed by atoms with E-state index in [-0.39, 0.29) is 5.41 Å². The van der Waals surface area contributed by atoms with Gasteiger partial charge in [-0.3, -0.25) is 0 Å². The maximum atomic E-state index is 6.13. The van der Waals surface area contributed by atoms with Crippen LogP contribution in [0.15, 0.2) is 66.6 Å². The Kier molecular flexibility index (Phi) is 6.33. The Balaban J connectivity index is 2.58. The quantitative estimate of drug-likeness (QED) is 0.420. The number of allylic oxidation sites excluding steroid dienone is 4. The SMILES string of the molecule is CO/C=C/C(CCl)=C(/C=C\N)c1ccc2cc(C(C)(C)C)ccc2c1. The lowest BCUT2D eigenvalue weighted by molar-refractivity contribution is 0.338. The van der Waals surface area contributed by atoms with Crippen LogP contribution in [-0.4, -0.2) is 13.0 Å². The van der Waals surface area contributed by atoms with Crippen molar-refractivity contribution in [3.05, 3.63) is 77.7 Å². The molecule has 0 heterocycles. The molecule has 3 heteroatoms. The summed E-state index contributed by atoms with van der Waals surface area (Å²) in [4.78, 5) is 0. The molecule has 2 rings (SSSR count). The molecule has 0 saturated heterocycles. The first-order valence-corrected chi connectivity index (χ1v) is 8.85. The van der Waals surface area contributed by atoms with Crippen LogP contribution in [-0.2, 0) is 10.2 Å². The van der Waals surface area contributed by atoms with Crippen molar-refractivity contribution in [2.45, 2.75) is 26.2 Å². The molecular weight excluding hydrogens is 330 g/mol. The first-order valence-electron chi connectivity index (χ1n) is 8.32. The molecule has 0 atom stereocenters. The highest BCUT2D eigenvalue weighted by molar-refractivity contribution is 6.20. The van der Waals surface area contributed by atoms with Crippen LogP contribution in [0.3, 0.4) is 0 Å². The summed E-state index contributed by atoms with van der Waals surface area (Å²) >= 11 is 6.13. The van der Waals surface area contributed by atoms with Crippen molar-refractivity contribution in [3.63, 3.8) is 0 Å². The van der Waals surface area contributed by atoms with E-state index >= 15 is 0 Å². The predicted octanol–water partition coefficient (Wildman–Crippen LogP) is 5.76. The summed E-state index contributed by atoms with van der Waals surface area (Å²) in [6, 6.07) is 13.1. The van der Waals surface area contributed by atoms with E-state index in [1.807, 2.05) is 12.2 Å². The molecule has 0 spiro atoms. The molecule has 132 valence electrons. The third kappa shape index (κ3) is 4.67. The molecule has 25 heavy (non-hydrogen) atoms. The minimum Gasteiger partial charge on any atom is -0.504 e. The topological polar surface area (TPSA) is 35.2 Å². The van der Waals surface area contributed by atoms with Gasteiger partial charge in [0.2, 0.25) is 0 Å². The van der Waals surface area contributed by atoms with Crippen molar-refractivity contribution < 1.29 is 4.74 Å². The fourth-order valence-corrected chi connectivity index (χ4v) is 2.95. The number of ether oxygens (including phenoxy) is 1. The smallest absolute Gasteiger partial charge is 0.0828 e. The van der Waals surface area contributed by atoms with Gasteiger partial charge in [0.15, 0.2) is 0 Å². The zero-order valence-electron chi connectivity index (χ0n) is 15.3. The molecule has 0 aromatic heterocycles. The summed E-state index contributed by atoms with van der Waals surface area (Å²) in [7, 11) is 1.61. The van der Waals surface area contributed by atoms with Crippen molar-refractivity contribution in [1.29, 1.82) is 0 Å². The summed E-state index contributed by atoms with van der Waals surface area (Å²) in [6.45, 7) is 6.68. The van der Waals surface area contributed by atoms with Gasteiger partial charge in [-0.2, -0.15) is 0 Å². The van der Waals surface area contributed by atoms with E-state index in [0.717, 1.165) is 16.7 Å². The number of methoxy groups -OCH3 is 1. The van der Waals surface area contributed by atoms with Gasteiger partial charge in [-0.15, -0.1) is 11.6 Å². The van der Waals surface area contributed by atoms with Crippen molar-refractivity contribution >= 4 is 27.9 Å². The van der Waals surface area contributed by atoms with Gasteiger partial charge in [0.25, 0.3) is 0 Å². The lowest BCUT2D eigenvalue weighted by atomic mass is 9.85. The lowest BCUT2D eigenvalue weighted by Crippen LogP contribution is -2.10. The van der Waals surface area contributed by atoms with Crippen LogP contribution in [0, 0.1) is 0 Å². The molecule has 0 aliphatic heterocycles. The second kappa shape index (κ2) is 8.26. The van der Waals surface area contributed by atoms with Crippen molar-refractivity contribution in [1.82, 2.24) is 0 Å². The third-order valence-corrected chi connectivity index (χ3v) is 4.46. The molecule has 0 unspecified atom stereocenters. The van der Waals surface area contributed by atoms with Crippen LogP contribution in [0.2, 0.25) is 0 Å². The first-order chi connectivity index (χ1) is 11.9. The predicted molar refractivity (Wildman–Crippen MR) is 110 cm³/mol. The summed E-state index contributed by atoms with van der Waals surface area (Å²) < 4.78 is 5.02. The molecular formula is C22H26ClNO. The van der Waals surface area contributed by atoms with Gasteiger partial charge in [-0.25, -0.2) is 0 Å². The van der Waals surface area contributed by atoms with Crippen LogP contribution in [0.5, 0.6) is 0 Å². The van der Waals surface area contributed by atoms with Crippen LogP contribution in [0.25, 0.3) is 16.3 Å². The summed E-state index contributed by atoms with van der Waals surface area (Å²) in [5.41, 5.74) is 10.1. The Hall–Kier alpha value is -2.19. The minimum atomic E-state index is 0.136. The fourth-order valence-electron chi connectivity index (χ4n) is 2.72. The maximum absolute atomic E-state index is 6.13. The normalized spacial score (nSPS) is 13.6. The number of fused-ring (bicyclic) bond motifs is 1. The fraction of sp³-hybridized carbons (Fsp3) is 0.273. The summed E-state index contributed by atoms with van der Waals surface area (Å²) in [5, 5.41) is 2.42. The number of halogens is 1. The highest BCUT2D eigenvalue weighted by atomic mass is 35.5. The van der Waals surface area contributed by atoms with E-state index in [9.17, 15) is 0 Å². The van der Waals surface area contributed by atoms with Gasteiger partial charge in [0, 0.05) is 5.88 Å². The monoisotopic (exact) mass is 355 g/mol. The Morgan fingerprint density at radius 1 is 1.08 bits per heavy atom. The summed E-state index contributed by atoms with van der Waals surface area (Å²) in [6.07, 6.45) is 6.91. The van der Waals surface area contributed by atoms with Crippen molar-refractivity contribution in [3.8, 4) is 0 Å². The molecule has 2 nitrogen and oxygen atoms in total. The van der Waals surface area contributed by atoms with Crippen LogP contribution >= 0.6 is 11.6 Å². The average molecular weight is 356 g/mol. The van der Waals surface area contributed by atoms with Gasteiger partial charge in [-0.05, 0) is 62.9 Å². The highest BCUT2D eigenvalue weighted by Gasteiger charge is 2.14. The van der Waals surface area contributed by atoms with Crippen molar-refractivity contribution in [2.24, 2.45) is 5.73 Å². The van der Waals surface area contributed by atoms with E-state index in [1.165, 1.54) is 22.5 Å². The highest BCUT2D eigenvalue weighted by Crippen LogP contribution is 2.29. The van der Waals surface area contributed by atoms with Crippen LogP contribution < -0.4 is 5.73 Å². The second-order valence-electron chi connectivity index (χ2n) is 7.00. The number of rotatable bonds is 5. The average Bonchev–Trinajstić information content (AvgIpc) is 2.59. The van der Waals surface area contributed by atoms with Gasteiger partial charge < -0.3 is 10.5 Å². The second-order valence-corrected chi connectivity index (χ2v) is 7.26. The van der Waals surface area contributed by atoms with Gasteiger partial charge >= 0.3 is 0 Å². The zero-order valence-corrected chi connectivity index (χ0v) is 16.1. The number of hydrogen-bond acceptors (Lipinski definition) is 2. The Morgan fingerprint density at radius 3 is 2.36 bits per heavy atom. The van der Waals surface area contributed by atoms with E-state index in [0.29, 0.717) is 5.88 Å². The Bertz CT molecular complexity index is 826. The zero-order chi connectivity index (χ0) is 18.4. The maximum Gasteiger partial charge on any atom is 0.0828 e. The molecule has 2 N–H and O–H groups in total. The van der Waals surface area contributed by atoms with E-state index in [1.54, 1.807) is 13.4 Å². The number of benzene rings is 2. The standard InChI is InChI=1S/C22H26ClNO/c1-22(2,3)20-8-7-16-13-18(6-5-17(16)14-20)21(9-11-24)19(15-23)10-12-25-4/h5-14H,15,24H2,1-4H3/b11-9-,12-10+,21-19+. The Morgan fingerprint density at radius 2 is 1.76 bits per heavy atom.